The van der Waals surface area contributed by atoms with Crippen LogP contribution in [0, 0.1) is 5.82 Å². The van der Waals surface area contributed by atoms with Crippen molar-refractivity contribution in [2.75, 3.05) is 12.4 Å². The molecule has 0 saturated heterocycles. The fraction of sp³-hybridized carbons (Fsp3) is 0.346. The highest BCUT2D eigenvalue weighted by Crippen LogP contribution is 2.34. The number of hydrogen-bond acceptors (Lipinski definition) is 7. The maximum Gasteiger partial charge on any atom is 0.205 e. The van der Waals surface area contributed by atoms with E-state index >= 15 is 0 Å². The molecule has 0 radical (unpaired) electrons. The van der Waals surface area contributed by atoms with Crippen molar-refractivity contribution >= 4 is 17.4 Å². The van der Waals surface area contributed by atoms with Gasteiger partial charge >= 0.3 is 0 Å². The third kappa shape index (κ3) is 5.67. The fourth-order valence-corrected chi connectivity index (χ4v) is 5.28. The van der Waals surface area contributed by atoms with Crippen LogP contribution in [0.15, 0.2) is 64.3 Å². The first kappa shape index (κ1) is 23.4. The summed E-state index contributed by atoms with van der Waals surface area (Å²) < 4.78 is 26.8. The van der Waals surface area contributed by atoms with Gasteiger partial charge in [0, 0.05) is 23.4 Å². The van der Waals surface area contributed by atoms with Crippen LogP contribution in [0.2, 0.25) is 0 Å². The Morgan fingerprint density at radius 3 is 2.74 bits per heavy atom. The standard InChI is InChI=1S/C26H28FN5O2S/c1-33-22-9-5-6-20(14-22)28-16-24-30-31-26(32(24)21-7-3-2-4-8-21)35-17-25-29-15-23(34-25)18-10-12-19(27)13-11-18/h5-6,9-15,21,28H,2-4,7-8,16-17H2,1H3. The Labute approximate surface area is 208 Å². The Hall–Kier alpha value is -3.33. The van der Waals surface area contributed by atoms with Gasteiger partial charge in [0.05, 0.1) is 25.6 Å². The van der Waals surface area contributed by atoms with Crippen molar-refractivity contribution in [3.63, 3.8) is 0 Å². The van der Waals surface area contributed by atoms with E-state index < -0.39 is 0 Å². The average Bonchev–Trinajstić information content (AvgIpc) is 3.54. The molecule has 0 bridgehead atoms. The van der Waals surface area contributed by atoms with Gasteiger partial charge in [-0.3, -0.25) is 0 Å². The predicted molar refractivity (Wildman–Crippen MR) is 134 cm³/mol. The summed E-state index contributed by atoms with van der Waals surface area (Å²) in [5.74, 6) is 3.21. The molecule has 1 fully saturated rings. The number of ether oxygens (including phenoxy) is 1. The molecule has 9 heteroatoms. The summed E-state index contributed by atoms with van der Waals surface area (Å²) in [4.78, 5) is 4.41. The van der Waals surface area contributed by atoms with E-state index in [9.17, 15) is 4.39 Å². The van der Waals surface area contributed by atoms with E-state index in [0.717, 1.165) is 40.8 Å². The van der Waals surface area contributed by atoms with Crippen molar-refractivity contribution in [2.24, 2.45) is 0 Å². The zero-order chi connectivity index (χ0) is 24.0. The number of halogens is 1. The van der Waals surface area contributed by atoms with E-state index in [1.54, 1.807) is 37.2 Å². The highest BCUT2D eigenvalue weighted by atomic mass is 32.2. The molecule has 1 aliphatic carbocycles. The molecule has 0 aliphatic heterocycles. The quantitative estimate of drug-likeness (QED) is 0.267. The van der Waals surface area contributed by atoms with Gasteiger partial charge in [0.25, 0.3) is 0 Å². The summed E-state index contributed by atoms with van der Waals surface area (Å²) >= 11 is 1.58. The van der Waals surface area contributed by atoms with E-state index in [4.69, 9.17) is 9.15 Å². The minimum atomic E-state index is -0.275. The van der Waals surface area contributed by atoms with Crippen LogP contribution in [-0.2, 0) is 12.3 Å². The molecule has 182 valence electrons. The number of nitrogens with zero attached hydrogens (tertiary/aromatic N) is 4. The van der Waals surface area contributed by atoms with Crippen LogP contribution >= 0.6 is 11.8 Å². The number of benzene rings is 2. The van der Waals surface area contributed by atoms with Crippen LogP contribution in [0.5, 0.6) is 5.75 Å². The predicted octanol–water partition coefficient (Wildman–Crippen LogP) is 6.49. The molecule has 35 heavy (non-hydrogen) atoms. The molecule has 0 amide bonds. The lowest BCUT2D eigenvalue weighted by atomic mass is 9.95. The van der Waals surface area contributed by atoms with Crippen molar-refractivity contribution in [2.45, 2.75) is 55.6 Å². The van der Waals surface area contributed by atoms with Crippen LogP contribution in [-0.4, -0.2) is 26.9 Å². The molecule has 2 aromatic carbocycles. The third-order valence-corrected chi connectivity index (χ3v) is 7.13. The molecule has 0 atom stereocenters. The van der Waals surface area contributed by atoms with E-state index in [-0.39, 0.29) is 5.82 Å². The van der Waals surface area contributed by atoms with Gasteiger partial charge in [0.1, 0.15) is 11.6 Å². The molecule has 5 rings (SSSR count). The van der Waals surface area contributed by atoms with Gasteiger partial charge in [-0.15, -0.1) is 10.2 Å². The maximum absolute atomic E-state index is 13.2. The summed E-state index contributed by atoms with van der Waals surface area (Å²) in [5, 5.41) is 13.4. The van der Waals surface area contributed by atoms with E-state index in [2.05, 4.69) is 25.1 Å². The molecule has 1 N–H and O–H groups in total. The summed E-state index contributed by atoms with van der Waals surface area (Å²) in [6.45, 7) is 0.574. The third-order valence-electron chi connectivity index (χ3n) is 6.20. The molecule has 1 aliphatic rings. The van der Waals surface area contributed by atoms with Crippen LogP contribution < -0.4 is 10.1 Å². The van der Waals surface area contributed by atoms with Crippen molar-refractivity contribution in [1.82, 2.24) is 19.7 Å². The molecule has 0 spiro atoms. The minimum absolute atomic E-state index is 0.275. The number of aromatic nitrogens is 4. The SMILES string of the molecule is COc1cccc(NCc2nnc(SCc3ncc(-c4ccc(F)cc4)o3)n2C2CCCCC2)c1. The van der Waals surface area contributed by atoms with Crippen LogP contribution in [0.1, 0.15) is 49.9 Å². The van der Waals surface area contributed by atoms with Crippen LogP contribution in [0.4, 0.5) is 10.1 Å². The monoisotopic (exact) mass is 493 g/mol. The van der Waals surface area contributed by atoms with Crippen LogP contribution in [0.3, 0.4) is 0 Å². The summed E-state index contributed by atoms with van der Waals surface area (Å²) in [5.41, 5.74) is 1.77. The van der Waals surface area contributed by atoms with Gasteiger partial charge in [0.2, 0.25) is 5.89 Å². The van der Waals surface area contributed by atoms with Gasteiger partial charge in [-0.2, -0.15) is 0 Å². The zero-order valence-electron chi connectivity index (χ0n) is 19.6. The Balaban J connectivity index is 1.31. The second-order valence-corrected chi connectivity index (χ2v) is 9.50. The largest absolute Gasteiger partial charge is 0.497 e. The summed E-state index contributed by atoms with van der Waals surface area (Å²) in [6, 6.07) is 14.5. The molecular weight excluding hydrogens is 465 g/mol. The van der Waals surface area contributed by atoms with E-state index in [1.807, 2.05) is 24.3 Å². The molecule has 1 saturated carbocycles. The Morgan fingerprint density at radius 1 is 1.11 bits per heavy atom. The van der Waals surface area contributed by atoms with Gasteiger partial charge in [-0.05, 0) is 49.2 Å². The Bertz CT molecular complexity index is 1250. The van der Waals surface area contributed by atoms with Gasteiger partial charge in [0.15, 0.2) is 16.7 Å². The number of nitrogens with one attached hydrogen (secondary N) is 1. The van der Waals surface area contributed by atoms with Crippen molar-refractivity contribution in [3.8, 4) is 17.1 Å². The molecule has 0 unspecified atom stereocenters. The highest BCUT2D eigenvalue weighted by Gasteiger charge is 2.23. The number of thioether (sulfide) groups is 1. The zero-order valence-corrected chi connectivity index (χ0v) is 20.4. The lowest BCUT2D eigenvalue weighted by Gasteiger charge is -2.25. The Morgan fingerprint density at radius 2 is 1.94 bits per heavy atom. The van der Waals surface area contributed by atoms with Crippen molar-refractivity contribution in [1.29, 1.82) is 0 Å². The van der Waals surface area contributed by atoms with Crippen molar-refractivity contribution < 1.29 is 13.5 Å². The molecule has 2 heterocycles. The normalized spacial score (nSPS) is 14.2. The second-order valence-electron chi connectivity index (χ2n) is 8.56. The lowest BCUT2D eigenvalue weighted by Crippen LogP contribution is -2.18. The molecular formula is C26H28FN5O2S. The van der Waals surface area contributed by atoms with E-state index in [1.165, 1.54) is 31.4 Å². The first-order chi connectivity index (χ1) is 17.2. The van der Waals surface area contributed by atoms with Crippen LogP contribution in [0.25, 0.3) is 11.3 Å². The molecule has 2 aromatic heterocycles. The van der Waals surface area contributed by atoms with Gasteiger partial charge in [-0.1, -0.05) is 37.1 Å². The number of methoxy groups -OCH3 is 1. The smallest absolute Gasteiger partial charge is 0.205 e. The number of rotatable bonds is 9. The fourth-order valence-electron chi connectivity index (χ4n) is 4.40. The lowest BCUT2D eigenvalue weighted by molar-refractivity contribution is 0.330. The first-order valence-electron chi connectivity index (χ1n) is 11.8. The van der Waals surface area contributed by atoms with Gasteiger partial charge < -0.3 is 19.0 Å². The topological polar surface area (TPSA) is 78.0 Å². The van der Waals surface area contributed by atoms with Crippen molar-refractivity contribution in [3.05, 3.63) is 72.3 Å². The van der Waals surface area contributed by atoms with E-state index in [0.29, 0.717) is 30.0 Å². The minimum Gasteiger partial charge on any atom is -0.497 e. The number of anilines is 1. The number of hydrogen-bond donors (Lipinski definition) is 1. The number of oxazole rings is 1. The second kappa shape index (κ2) is 10.9. The highest BCUT2D eigenvalue weighted by molar-refractivity contribution is 7.98. The molecule has 7 nitrogen and oxygen atoms in total. The first-order valence-corrected chi connectivity index (χ1v) is 12.8. The van der Waals surface area contributed by atoms with Gasteiger partial charge in [-0.25, -0.2) is 9.37 Å². The maximum atomic E-state index is 13.2. The summed E-state index contributed by atoms with van der Waals surface area (Å²) in [6.07, 6.45) is 7.66. The molecule has 4 aromatic rings. The Kier molecular flexibility index (Phi) is 7.32. The summed E-state index contributed by atoms with van der Waals surface area (Å²) in [7, 11) is 1.67. The average molecular weight is 494 g/mol.